The third kappa shape index (κ3) is 4.46. The molecule has 0 bridgehead atoms. The molecule has 2 nitrogen and oxygen atoms in total. The van der Waals surface area contributed by atoms with Gasteiger partial charge in [-0.3, -0.25) is 0 Å². The van der Waals surface area contributed by atoms with Gasteiger partial charge in [-0.15, -0.1) is 11.8 Å². The molecule has 0 aromatic heterocycles. The molecule has 2 aromatic rings. The van der Waals surface area contributed by atoms with Crippen LogP contribution in [0.3, 0.4) is 0 Å². The average Bonchev–Trinajstić information content (AvgIpc) is 2.52. The fraction of sp³-hybridized carbons (Fsp3) is 0.250. The highest BCUT2D eigenvalue weighted by atomic mass is 79.9. The van der Waals surface area contributed by atoms with E-state index in [1.165, 1.54) is 10.5 Å². The summed E-state index contributed by atoms with van der Waals surface area (Å²) in [4.78, 5) is 1.26. The van der Waals surface area contributed by atoms with Gasteiger partial charge in [-0.25, -0.2) is 0 Å². The smallest absolute Gasteiger partial charge is 0.161 e. The molecule has 0 N–H and O–H groups in total. The van der Waals surface area contributed by atoms with Crippen molar-refractivity contribution in [1.82, 2.24) is 0 Å². The maximum Gasteiger partial charge on any atom is 0.161 e. The zero-order valence-corrected chi connectivity index (χ0v) is 13.7. The van der Waals surface area contributed by atoms with Crippen LogP contribution >= 0.6 is 27.7 Å². The summed E-state index contributed by atoms with van der Waals surface area (Å²) >= 11 is 5.22. The lowest BCUT2D eigenvalue weighted by molar-refractivity contribution is 0.313. The van der Waals surface area contributed by atoms with Crippen LogP contribution in [0.2, 0.25) is 0 Å². The molecule has 0 radical (unpaired) electrons. The van der Waals surface area contributed by atoms with Gasteiger partial charge in [-0.05, 0) is 29.8 Å². The minimum atomic E-state index is 0.656. The molecule has 0 amide bonds. The number of benzene rings is 2. The van der Waals surface area contributed by atoms with Crippen LogP contribution in [0.25, 0.3) is 0 Å². The van der Waals surface area contributed by atoms with Crippen molar-refractivity contribution in [2.75, 3.05) is 19.5 Å². The number of thioether (sulfide) groups is 1. The second-order valence-electron chi connectivity index (χ2n) is 4.13. The Bertz CT molecular complexity index is 531. The van der Waals surface area contributed by atoms with E-state index in [0.717, 1.165) is 22.6 Å². The first-order valence-electron chi connectivity index (χ1n) is 6.37. The number of halogens is 1. The highest BCUT2D eigenvalue weighted by molar-refractivity contribution is 9.08. The summed E-state index contributed by atoms with van der Waals surface area (Å²) in [7, 11) is 1.67. The molecule has 0 aliphatic heterocycles. The lowest BCUT2D eigenvalue weighted by atomic mass is 10.2. The van der Waals surface area contributed by atoms with Crippen molar-refractivity contribution >= 4 is 27.7 Å². The van der Waals surface area contributed by atoms with Crippen molar-refractivity contribution in [2.24, 2.45) is 0 Å². The van der Waals surface area contributed by atoms with Crippen LogP contribution in [0.1, 0.15) is 5.56 Å². The molecule has 0 heterocycles. The first-order valence-corrected chi connectivity index (χ1v) is 8.47. The summed E-state index contributed by atoms with van der Waals surface area (Å²) < 4.78 is 11.1. The number of alkyl halides is 1. The van der Waals surface area contributed by atoms with Gasteiger partial charge in [0.2, 0.25) is 0 Å². The van der Waals surface area contributed by atoms with E-state index in [-0.39, 0.29) is 0 Å². The first kappa shape index (κ1) is 15.3. The number of methoxy groups -OCH3 is 1. The van der Waals surface area contributed by atoms with Crippen molar-refractivity contribution in [3.05, 3.63) is 54.1 Å². The van der Waals surface area contributed by atoms with Crippen LogP contribution < -0.4 is 9.47 Å². The molecular formula is C16H17BrO2S. The average molecular weight is 353 g/mol. The predicted octanol–water partition coefficient (Wildman–Crippen LogP) is 4.76. The summed E-state index contributed by atoms with van der Waals surface area (Å²) in [6.07, 6.45) is 0. The zero-order chi connectivity index (χ0) is 14.2. The van der Waals surface area contributed by atoms with Crippen molar-refractivity contribution in [3.63, 3.8) is 0 Å². The van der Waals surface area contributed by atoms with E-state index in [1.807, 2.05) is 36.4 Å². The van der Waals surface area contributed by atoms with Crippen LogP contribution in [-0.4, -0.2) is 19.5 Å². The topological polar surface area (TPSA) is 18.5 Å². The van der Waals surface area contributed by atoms with E-state index in [0.29, 0.717) is 6.61 Å². The molecule has 2 aromatic carbocycles. The van der Waals surface area contributed by atoms with Crippen molar-refractivity contribution < 1.29 is 9.47 Å². The van der Waals surface area contributed by atoms with Gasteiger partial charge in [-0.1, -0.05) is 40.2 Å². The molecule has 0 aliphatic carbocycles. The highest BCUT2D eigenvalue weighted by Gasteiger charge is 2.05. The Labute approximate surface area is 132 Å². The number of ether oxygens (including phenoxy) is 2. The van der Waals surface area contributed by atoms with Gasteiger partial charge in [0.25, 0.3) is 0 Å². The van der Waals surface area contributed by atoms with Gasteiger partial charge >= 0.3 is 0 Å². The van der Waals surface area contributed by atoms with Crippen LogP contribution in [0.4, 0.5) is 0 Å². The van der Waals surface area contributed by atoms with Crippen molar-refractivity contribution in [3.8, 4) is 11.5 Å². The molecule has 4 heteroatoms. The predicted molar refractivity (Wildman–Crippen MR) is 88.3 cm³/mol. The summed E-state index contributed by atoms with van der Waals surface area (Å²) in [6.45, 7) is 0.656. The molecule has 0 aliphatic rings. The first-order chi connectivity index (χ1) is 9.83. The number of hydrogen-bond donors (Lipinski definition) is 0. The number of hydrogen-bond acceptors (Lipinski definition) is 3. The Balaban J connectivity index is 1.85. The maximum atomic E-state index is 5.79. The van der Waals surface area contributed by atoms with Gasteiger partial charge in [0.15, 0.2) is 11.5 Å². The van der Waals surface area contributed by atoms with E-state index in [2.05, 4.69) is 28.1 Å². The van der Waals surface area contributed by atoms with Crippen LogP contribution in [0.15, 0.2) is 53.4 Å². The summed E-state index contributed by atoms with van der Waals surface area (Å²) in [5.41, 5.74) is 1.17. The normalized spacial score (nSPS) is 10.3. The molecule has 20 heavy (non-hydrogen) atoms. The SMILES string of the molecule is COc1cc(CBr)ccc1OCCSc1ccccc1. The van der Waals surface area contributed by atoms with E-state index < -0.39 is 0 Å². The third-order valence-electron chi connectivity index (χ3n) is 2.74. The molecule has 0 saturated heterocycles. The Morgan fingerprint density at radius 2 is 1.85 bits per heavy atom. The molecule has 2 rings (SSSR count). The molecular weight excluding hydrogens is 336 g/mol. The van der Waals surface area contributed by atoms with Crippen LogP contribution in [-0.2, 0) is 5.33 Å². The molecule has 0 spiro atoms. The Morgan fingerprint density at radius 3 is 2.55 bits per heavy atom. The fourth-order valence-electron chi connectivity index (χ4n) is 1.74. The fourth-order valence-corrected chi connectivity index (χ4v) is 2.84. The Morgan fingerprint density at radius 1 is 1.05 bits per heavy atom. The van der Waals surface area contributed by atoms with E-state index in [4.69, 9.17) is 9.47 Å². The second-order valence-corrected chi connectivity index (χ2v) is 5.86. The highest BCUT2D eigenvalue weighted by Crippen LogP contribution is 2.29. The van der Waals surface area contributed by atoms with Crippen LogP contribution in [0.5, 0.6) is 11.5 Å². The van der Waals surface area contributed by atoms with E-state index in [9.17, 15) is 0 Å². The summed E-state index contributed by atoms with van der Waals surface area (Å²) in [5, 5.41) is 0.813. The maximum absolute atomic E-state index is 5.79. The lowest BCUT2D eigenvalue weighted by Gasteiger charge is -2.11. The molecule has 0 fully saturated rings. The van der Waals surface area contributed by atoms with Gasteiger partial charge in [-0.2, -0.15) is 0 Å². The monoisotopic (exact) mass is 352 g/mol. The Kier molecular flexibility index (Phi) is 6.27. The Hall–Kier alpha value is -1.13. The van der Waals surface area contributed by atoms with Gasteiger partial charge in [0.1, 0.15) is 0 Å². The number of rotatable bonds is 7. The minimum Gasteiger partial charge on any atom is -0.493 e. The largest absolute Gasteiger partial charge is 0.493 e. The van der Waals surface area contributed by atoms with Gasteiger partial charge in [0, 0.05) is 16.0 Å². The quantitative estimate of drug-likeness (QED) is 0.406. The van der Waals surface area contributed by atoms with Gasteiger partial charge < -0.3 is 9.47 Å². The zero-order valence-electron chi connectivity index (χ0n) is 11.3. The molecule has 0 atom stereocenters. The van der Waals surface area contributed by atoms with Gasteiger partial charge in [0.05, 0.1) is 13.7 Å². The standard InChI is InChI=1S/C16H17BrO2S/c1-18-16-11-13(12-17)7-8-15(16)19-9-10-20-14-5-3-2-4-6-14/h2-8,11H,9-10,12H2,1H3. The minimum absolute atomic E-state index is 0.656. The second kappa shape index (κ2) is 8.22. The van der Waals surface area contributed by atoms with E-state index in [1.54, 1.807) is 18.9 Å². The third-order valence-corrected chi connectivity index (χ3v) is 4.36. The van der Waals surface area contributed by atoms with E-state index >= 15 is 0 Å². The molecule has 0 unspecified atom stereocenters. The lowest BCUT2D eigenvalue weighted by Crippen LogP contribution is -2.02. The summed E-state index contributed by atoms with van der Waals surface area (Å²) in [5.74, 6) is 2.49. The van der Waals surface area contributed by atoms with Crippen molar-refractivity contribution in [2.45, 2.75) is 10.2 Å². The molecule has 106 valence electrons. The van der Waals surface area contributed by atoms with Crippen molar-refractivity contribution in [1.29, 1.82) is 0 Å². The molecule has 0 saturated carbocycles. The van der Waals surface area contributed by atoms with Crippen LogP contribution in [0, 0.1) is 0 Å². The summed E-state index contributed by atoms with van der Waals surface area (Å²) in [6, 6.07) is 16.3.